The first kappa shape index (κ1) is 13.3. The highest BCUT2D eigenvalue weighted by molar-refractivity contribution is 5.39. The lowest BCUT2D eigenvalue weighted by molar-refractivity contribution is 0.372. The van der Waals surface area contributed by atoms with E-state index in [2.05, 4.69) is 40.3 Å². The van der Waals surface area contributed by atoms with Gasteiger partial charge in [0, 0.05) is 13.1 Å². The summed E-state index contributed by atoms with van der Waals surface area (Å²) in [5.74, 6) is 1.83. The summed E-state index contributed by atoms with van der Waals surface area (Å²) in [4.78, 5) is 2.40. The Balaban J connectivity index is 2.02. The molecule has 1 saturated heterocycles. The molecule has 2 heterocycles. The van der Waals surface area contributed by atoms with Crippen LogP contribution in [-0.4, -0.2) is 36.4 Å². The van der Waals surface area contributed by atoms with Gasteiger partial charge in [-0.3, -0.25) is 0 Å². The second-order valence-corrected chi connectivity index (χ2v) is 5.23. The standard InChI is InChI=1S/C14H24N4/c1-3-8-18(11-13-4-6-15-7-5-13)14-9-12(2)10-16-17-14/h9-10,13,15H,3-8,11H2,1-2H3. The molecule has 1 aliphatic heterocycles. The molecule has 0 spiro atoms. The van der Waals surface area contributed by atoms with Gasteiger partial charge in [0.1, 0.15) is 0 Å². The molecule has 100 valence electrons. The Morgan fingerprint density at radius 2 is 2.17 bits per heavy atom. The number of hydrogen-bond donors (Lipinski definition) is 1. The lowest BCUT2D eigenvalue weighted by atomic mass is 9.97. The van der Waals surface area contributed by atoms with Crippen LogP contribution in [0.2, 0.25) is 0 Å². The molecule has 1 fully saturated rings. The maximum atomic E-state index is 4.28. The molecule has 0 amide bonds. The zero-order valence-corrected chi connectivity index (χ0v) is 11.5. The summed E-state index contributed by atoms with van der Waals surface area (Å²) in [7, 11) is 0. The van der Waals surface area contributed by atoms with Crippen LogP contribution in [0.5, 0.6) is 0 Å². The van der Waals surface area contributed by atoms with E-state index in [9.17, 15) is 0 Å². The zero-order valence-electron chi connectivity index (χ0n) is 11.5. The fourth-order valence-electron chi connectivity index (χ4n) is 2.55. The Morgan fingerprint density at radius 1 is 1.39 bits per heavy atom. The molecular weight excluding hydrogens is 224 g/mol. The number of piperidine rings is 1. The van der Waals surface area contributed by atoms with Gasteiger partial charge in [-0.05, 0) is 56.8 Å². The van der Waals surface area contributed by atoms with Crippen molar-refractivity contribution in [3.05, 3.63) is 17.8 Å². The van der Waals surface area contributed by atoms with Crippen molar-refractivity contribution in [2.45, 2.75) is 33.1 Å². The van der Waals surface area contributed by atoms with Crippen LogP contribution in [0.4, 0.5) is 5.82 Å². The predicted molar refractivity (Wildman–Crippen MR) is 74.9 cm³/mol. The Bertz CT molecular complexity index is 361. The van der Waals surface area contributed by atoms with Gasteiger partial charge < -0.3 is 10.2 Å². The van der Waals surface area contributed by atoms with E-state index in [4.69, 9.17) is 0 Å². The summed E-state index contributed by atoms with van der Waals surface area (Å²) >= 11 is 0. The topological polar surface area (TPSA) is 41.0 Å². The van der Waals surface area contributed by atoms with E-state index >= 15 is 0 Å². The van der Waals surface area contributed by atoms with Crippen molar-refractivity contribution in [3.8, 4) is 0 Å². The first-order valence-electron chi connectivity index (χ1n) is 7.04. The number of aryl methyl sites for hydroxylation is 1. The highest BCUT2D eigenvalue weighted by Crippen LogP contribution is 2.18. The zero-order chi connectivity index (χ0) is 12.8. The monoisotopic (exact) mass is 248 g/mol. The SMILES string of the molecule is CCCN(CC1CCNCC1)c1cc(C)cnn1. The number of nitrogens with one attached hydrogen (secondary N) is 1. The van der Waals surface area contributed by atoms with Crippen molar-refractivity contribution < 1.29 is 0 Å². The van der Waals surface area contributed by atoms with Gasteiger partial charge in [0.05, 0.1) is 6.20 Å². The first-order valence-corrected chi connectivity index (χ1v) is 7.04. The lowest BCUT2D eigenvalue weighted by Gasteiger charge is -2.30. The highest BCUT2D eigenvalue weighted by Gasteiger charge is 2.17. The Hall–Kier alpha value is -1.16. The molecule has 1 aromatic heterocycles. The van der Waals surface area contributed by atoms with Crippen LogP contribution in [0.15, 0.2) is 12.3 Å². The number of hydrogen-bond acceptors (Lipinski definition) is 4. The van der Waals surface area contributed by atoms with Gasteiger partial charge >= 0.3 is 0 Å². The molecule has 1 aliphatic rings. The average Bonchev–Trinajstić information content (AvgIpc) is 2.39. The van der Waals surface area contributed by atoms with Crippen molar-refractivity contribution in [1.82, 2.24) is 15.5 Å². The molecule has 4 heteroatoms. The minimum atomic E-state index is 0.792. The van der Waals surface area contributed by atoms with Crippen molar-refractivity contribution in [1.29, 1.82) is 0 Å². The van der Waals surface area contributed by atoms with E-state index < -0.39 is 0 Å². The summed E-state index contributed by atoms with van der Waals surface area (Å²) in [5.41, 5.74) is 1.19. The van der Waals surface area contributed by atoms with Crippen LogP contribution >= 0.6 is 0 Å². The molecule has 18 heavy (non-hydrogen) atoms. The number of rotatable bonds is 5. The molecule has 0 bridgehead atoms. The second-order valence-electron chi connectivity index (χ2n) is 5.23. The first-order chi connectivity index (χ1) is 8.79. The van der Waals surface area contributed by atoms with Crippen LogP contribution in [0.25, 0.3) is 0 Å². The van der Waals surface area contributed by atoms with Crippen molar-refractivity contribution in [2.24, 2.45) is 5.92 Å². The van der Waals surface area contributed by atoms with E-state index in [1.165, 1.54) is 18.4 Å². The molecule has 0 saturated carbocycles. The van der Waals surface area contributed by atoms with Crippen molar-refractivity contribution in [3.63, 3.8) is 0 Å². The van der Waals surface area contributed by atoms with E-state index in [1.54, 1.807) is 0 Å². The molecular formula is C14H24N4. The molecule has 4 nitrogen and oxygen atoms in total. The summed E-state index contributed by atoms with van der Waals surface area (Å²) in [6, 6.07) is 2.14. The van der Waals surface area contributed by atoms with E-state index in [0.29, 0.717) is 0 Å². The summed E-state index contributed by atoms with van der Waals surface area (Å²) < 4.78 is 0. The maximum Gasteiger partial charge on any atom is 0.151 e. The Kier molecular flexibility index (Phi) is 4.93. The van der Waals surface area contributed by atoms with Gasteiger partial charge in [-0.1, -0.05) is 6.92 Å². The minimum Gasteiger partial charge on any atom is -0.355 e. The number of nitrogens with zero attached hydrogens (tertiary/aromatic N) is 3. The molecule has 0 aromatic carbocycles. The third kappa shape index (κ3) is 3.67. The third-order valence-corrected chi connectivity index (χ3v) is 3.53. The lowest BCUT2D eigenvalue weighted by Crippen LogP contribution is -2.37. The highest BCUT2D eigenvalue weighted by atomic mass is 15.3. The van der Waals surface area contributed by atoms with E-state index in [0.717, 1.165) is 44.3 Å². The molecule has 1 aromatic rings. The third-order valence-electron chi connectivity index (χ3n) is 3.53. The Labute approximate surface area is 110 Å². The smallest absolute Gasteiger partial charge is 0.151 e. The fourth-order valence-corrected chi connectivity index (χ4v) is 2.55. The van der Waals surface area contributed by atoms with Gasteiger partial charge in [0.2, 0.25) is 0 Å². The van der Waals surface area contributed by atoms with Crippen molar-refractivity contribution >= 4 is 5.82 Å². The fraction of sp³-hybridized carbons (Fsp3) is 0.714. The van der Waals surface area contributed by atoms with Crippen LogP contribution in [0, 0.1) is 12.8 Å². The van der Waals surface area contributed by atoms with E-state index in [1.807, 2.05) is 6.20 Å². The largest absolute Gasteiger partial charge is 0.355 e. The van der Waals surface area contributed by atoms with Crippen molar-refractivity contribution in [2.75, 3.05) is 31.1 Å². The normalized spacial score (nSPS) is 16.8. The van der Waals surface area contributed by atoms with Gasteiger partial charge in [-0.25, -0.2) is 0 Å². The number of aromatic nitrogens is 2. The molecule has 0 unspecified atom stereocenters. The van der Waals surface area contributed by atoms with Crippen LogP contribution in [0.3, 0.4) is 0 Å². The Morgan fingerprint density at radius 3 is 2.83 bits per heavy atom. The molecule has 2 rings (SSSR count). The minimum absolute atomic E-state index is 0.792. The van der Waals surface area contributed by atoms with Gasteiger partial charge in [-0.2, -0.15) is 5.10 Å². The molecule has 1 N–H and O–H groups in total. The summed E-state index contributed by atoms with van der Waals surface area (Å²) in [6.45, 7) is 8.80. The summed E-state index contributed by atoms with van der Waals surface area (Å²) in [5, 5.41) is 11.8. The number of anilines is 1. The van der Waals surface area contributed by atoms with Crippen LogP contribution in [-0.2, 0) is 0 Å². The molecule has 0 atom stereocenters. The van der Waals surface area contributed by atoms with Gasteiger partial charge in [-0.15, -0.1) is 5.10 Å². The quantitative estimate of drug-likeness (QED) is 0.865. The molecule has 0 aliphatic carbocycles. The summed E-state index contributed by atoms with van der Waals surface area (Å²) in [6.07, 6.45) is 5.53. The van der Waals surface area contributed by atoms with Gasteiger partial charge in [0.15, 0.2) is 5.82 Å². The van der Waals surface area contributed by atoms with Crippen LogP contribution in [0.1, 0.15) is 31.7 Å². The average molecular weight is 248 g/mol. The molecule has 0 radical (unpaired) electrons. The van der Waals surface area contributed by atoms with Gasteiger partial charge in [0.25, 0.3) is 0 Å². The van der Waals surface area contributed by atoms with Crippen LogP contribution < -0.4 is 10.2 Å². The predicted octanol–water partition coefficient (Wildman–Crippen LogP) is 2.00. The van der Waals surface area contributed by atoms with E-state index in [-0.39, 0.29) is 0 Å². The maximum absolute atomic E-state index is 4.28. The second kappa shape index (κ2) is 6.69.